The minimum absolute atomic E-state index is 0.104. The fourth-order valence-corrected chi connectivity index (χ4v) is 4.82. The first-order valence-corrected chi connectivity index (χ1v) is 11.2. The van der Waals surface area contributed by atoms with Gasteiger partial charge in [-0.05, 0) is 63.4 Å². The lowest BCUT2D eigenvalue weighted by Gasteiger charge is -2.36. The molecule has 3 aliphatic heterocycles. The molecule has 3 heterocycles. The fourth-order valence-electron chi connectivity index (χ4n) is 4.82. The van der Waals surface area contributed by atoms with E-state index in [1.807, 2.05) is 9.80 Å². The minimum Gasteiger partial charge on any atom is -0.462 e. The first-order valence-electron chi connectivity index (χ1n) is 11.2. The van der Waals surface area contributed by atoms with Gasteiger partial charge in [-0.3, -0.25) is 19.3 Å². The van der Waals surface area contributed by atoms with Gasteiger partial charge in [0.15, 0.2) is 0 Å². The van der Waals surface area contributed by atoms with E-state index in [-0.39, 0.29) is 36.7 Å². The van der Waals surface area contributed by atoms with E-state index < -0.39 is 12.0 Å². The summed E-state index contributed by atoms with van der Waals surface area (Å²) in [6.45, 7) is 4.90. The van der Waals surface area contributed by atoms with Crippen molar-refractivity contribution in [1.82, 2.24) is 9.80 Å². The largest absolute Gasteiger partial charge is 0.462 e. The van der Waals surface area contributed by atoms with E-state index in [1.165, 1.54) is 4.90 Å². The van der Waals surface area contributed by atoms with Gasteiger partial charge >= 0.3 is 5.97 Å². The third-order valence-corrected chi connectivity index (χ3v) is 6.42. The van der Waals surface area contributed by atoms with Crippen molar-refractivity contribution in [3.8, 4) is 0 Å². The third kappa shape index (κ3) is 4.35. The number of amides is 3. The number of hydrogen-bond donors (Lipinski definition) is 0. The van der Waals surface area contributed by atoms with Crippen LogP contribution in [0, 0.1) is 5.92 Å². The molecule has 0 bridgehead atoms. The molecule has 0 unspecified atom stereocenters. The lowest BCUT2D eigenvalue weighted by atomic mass is 9.95. The molecular weight excluding hydrogens is 398 g/mol. The summed E-state index contributed by atoms with van der Waals surface area (Å²) >= 11 is 0. The highest BCUT2D eigenvalue weighted by Crippen LogP contribution is 2.30. The number of benzene rings is 1. The molecule has 0 aliphatic carbocycles. The predicted octanol–water partition coefficient (Wildman–Crippen LogP) is 1.83. The molecule has 0 N–H and O–H groups in total. The number of imide groups is 1. The minimum atomic E-state index is -0.536. The van der Waals surface area contributed by atoms with E-state index in [4.69, 9.17) is 4.74 Å². The van der Waals surface area contributed by atoms with Gasteiger partial charge in [-0.2, -0.15) is 0 Å². The third-order valence-electron chi connectivity index (χ3n) is 6.42. The van der Waals surface area contributed by atoms with Crippen LogP contribution in [-0.4, -0.2) is 72.3 Å². The predicted molar refractivity (Wildman–Crippen MR) is 113 cm³/mol. The first-order chi connectivity index (χ1) is 15.0. The Morgan fingerprint density at radius 3 is 2.42 bits per heavy atom. The molecule has 4 rings (SSSR count). The summed E-state index contributed by atoms with van der Waals surface area (Å²) in [7, 11) is 0. The van der Waals surface area contributed by atoms with Gasteiger partial charge in [0.1, 0.15) is 0 Å². The molecule has 3 amide bonds. The molecule has 3 saturated heterocycles. The van der Waals surface area contributed by atoms with Crippen molar-refractivity contribution in [3.63, 3.8) is 0 Å². The molecule has 3 fully saturated rings. The summed E-state index contributed by atoms with van der Waals surface area (Å²) in [6.07, 6.45) is 3.91. The van der Waals surface area contributed by atoms with Crippen molar-refractivity contribution in [2.75, 3.05) is 37.7 Å². The highest BCUT2D eigenvalue weighted by atomic mass is 16.5. The summed E-state index contributed by atoms with van der Waals surface area (Å²) in [6, 6.07) is 5.78. The normalized spacial score (nSPS) is 24.7. The molecule has 0 saturated carbocycles. The number of esters is 1. The van der Waals surface area contributed by atoms with E-state index in [2.05, 4.69) is 0 Å². The average molecular weight is 428 g/mol. The van der Waals surface area contributed by atoms with Crippen molar-refractivity contribution in [2.45, 2.75) is 45.1 Å². The van der Waals surface area contributed by atoms with Gasteiger partial charge < -0.3 is 9.64 Å². The van der Waals surface area contributed by atoms with E-state index in [0.717, 1.165) is 38.8 Å². The van der Waals surface area contributed by atoms with E-state index in [0.29, 0.717) is 24.3 Å². The molecule has 166 valence electrons. The van der Waals surface area contributed by atoms with Gasteiger partial charge in [-0.1, -0.05) is 0 Å². The van der Waals surface area contributed by atoms with Gasteiger partial charge in [-0.15, -0.1) is 0 Å². The lowest BCUT2D eigenvalue weighted by Crippen LogP contribution is -2.50. The second-order valence-corrected chi connectivity index (χ2v) is 8.42. The van der Waals surface area contributed by atoms with Crippen LogP contribution in [0.5, 0.6) is 0 Å². The van der Waals surface area contributed by atoms with E-state index in [9.17, 15) is 19.2 Å². The van der Waals surface area contributed by atoms with Crippen molar-refractivity contribution >= 4 is 29.4 Å². The van der Waals surface area contributed by atoms with Crippen LogP contribution in [0.2, 0.25) is 0 Å². The number of anilines is 1. The van der Waals surface area contributed by atoms with Crippen LogP contribution in [0.15, 0.2) is 24.3 Å². The Morgan fingerprint density at radius 1 is 1.03 bits per heavy atom. The first kappa shape index (κ1) is 21.5. The molecule has 31 heavy (non-hydrogen) atoms. The number of ether oxygens (including phenoxy) is 1. The maximum absolute atomic E-state index is 13.1. The smallest absolute Gasteiger partial charge is 0.338 e. The van der Waals surface area contributed by atoms with Crippen molar-refractivity contribution in [1.29, 1.82) is 0 Å². The van der Waals surface area contributed by atoms with Crippen LogP contribution in [0.25, 0.3) is 0 Å². The molecule has 1 aromatic carbocycles. The monoisotopic (exact) mass is 427 g/mol. The molecule has 8 heteroatoms. The van der Waals surface area contributed by atoms with Crippen LogP contribution >= 0.6 is 0 Å². The fraction of sp³-hybridized carbons (Fsp3) is 0.565. The second kappa shape index (κ2) is 9.18. The molecule has 0 radical (unpaired) electrons. The Bertz CT molecular complexity index is 862. The average Bonchev–Trinajstić information content (AvgIpc) is 3.42. The SMILES string of the molecule is CCOC(=O)c1ccc(N2C(=O)C[C@@H](N3CCC[C@@H](C(=O)N4CCCC4)C3)C2=O)cc1. The maximum atomic E-state index is 13.1. The molecule has 1 aromatic rings. The highest BCUT2D eigenvalue weighted by molar-refractivity contribution is 6.22. The number of likely N-dealkylation sites (tertiary alicyclic amines) is 2. The summed E-state index contributed by atoms with van der Waals surface area (Å²) < 4.78 is 4.97. The van der Waals surface area contributed by atoms with Crippen molar-refractivity contribution < 1.29 is 23.9 Å². The van der Waals surface area contributed by atoms with Crippen molar-refractivity contribution in [3.05, 3.63) is 29.8 Å². The van der Waals surface area contributed by atoms with Crippen LogP contribution in [0.4, 0.5) is 5.69 Å². The van der Waals surface area contributed by atoms with Crippen LogP contribution < -0.4 is 4.90 Å². The lowest BCUT2D eigenvalue weighted by molar-refractivity contribution is -0.137. The van der Waals surface area contributed by atoms with Crippen LogP contribution in [0.3, 0.4) is 0 Å². The number of piperidine rings is 1. The summed E-state index contributed by atoms with van der Waals surface area (Å²) in [5, 5.41) is 0. The van der Waals surface area contributed by atoms with Crippen LogP contribution in [-0.2, 0) is 19.1 Å². The van der Waals surface area contributed by atoms with E-state index >= 15 is 0 Å². The molecular formula is C23H29N3O5. The Hall–Kier alpha value is -2.74. The number of hydrogen-bond acceptors (Lipinski definition) is 6. The summed E-state index contributed by atoms with van der Waals surface area (Å²) in [4.78, 5) is 55.7. The topological polar surface area (TPSA) is 87.2 Å². The molecule has 2 atom stereocenters. The Morgan fingerprint density at radius 2 is 1.74 bits per heavy atom. The van der Waals surface area contributed by atoms with Gasteiger partial charge in [0, 0.05) is 19.6 Å². The number of nitrogens with zero attached hydrogens (tertiary/aromatic N) is 3. The zero-order valence-electron chi connectivity index (χ0n) is 17.9. The standard InChI is InChI=1S/C23H29N3O5/c1-2-31-23(30)16-7-9-18(10-8-16)26-20(27)14-19(22(26)29)25-13-5-6-17(15-25)21(28)24-11-3-4-12-24/h7-10,17,19H,2-6,11-15H2,1H3/t17-,19-/m1/s1. The molecule has 8 nitrogen and oxygen atoms in total. The number of carbonyl (C=O) groups is 4. The van der Waals surface area contributed by atoms with Crippen molar-refractivity contribution in [2.24, 2.45) is 5.92 Å². The van der Waals surface area contributed by atoms with E-state index in [1.54, 1.807) is 31.2 Å². The summed E-state index contributed by atoms with van der Waals surface area (Å²) in [5.74, 6) is -0.874. The Kier molecular flexibility index (Phi) is 6.36. The molecule has 3 aliphatic rings. The highest BCUT2D eigenvalue weighted by Gasteiger charge is 2.44. The van der Waals surface area contributed by atoms with Crippen LogP contribution in [0.1, 0.15) is 49.4 Å². The molecule has 0 aromatic heterocycles. The maximum Gasteiger partial charge on any atom is 0.338 e. The molecule has 0 spiro atoms. The number of rotatable bonds is 5. The second-order valence-electron chi connectivity index (χ2n) is 8.42. The quantitative estimate of drug-likeness (QED) is 0.526. The van der Waals surface area contributed by atoms with Gasteiger partial charge in [0.2, 0.25) is 11.8 Å². The zero-order valence-corrected chi connectivity index (χ0v) is 17.9. The summed E-state index contributed by atoms with van der Waals surface area (Å²) in [5.41, 5.74) is 0.827. The Balaban J connectivity index is 1.44. The number of carbonyl (C=O) groups excluding carboxylic acids is 4. The Labute approximate surface area is 182 Å². The van der Waals surface area contributed by atoms with Gasteiger partial charge in [0.05, 0.1) is 36.2 Å². The zero-order chi connectivity index (χ0) is 22.0. The van der Waals surface area contributed by atoms with Gasteiger partial charge in [-0.25, -0.2) is 9.69 Å². The van der Waals surface area contributed by atoms with Gasteiger partial charge in [0.25, 0.3) is 5.91 Å².